The molecule has 0 aliphatic heterocycles. The molecule has 0 radical (unpaired) electrons. The highest BCUT2D eigenvalue weighted by molar-refractivity contribution is 5.90. The third kappa shape index (κ3) is 4.06. The van der Waals surface area contributed by atoms with Crippen LogP contribution in [0.25, 0.3) is 0 Å². The van der Waals surface area contributed by atoms with Gasteiger partial charge in [-0.25, -0.2) is 4.79 Å². The van der Waals surface area contributed by atoms with E-state index in [0.29, 0.717) is 12.8 Å². The Morgan fingerprint density at radius 2 is 1.59 bits per heavy atom. The first-order chi connectivity index (χ1) is 21.4. The minimum atomic E-state index is -0.942. The maximum absolute atomic E-state index is 13.6. The van der Waals surface area contributed by atoms with Crippen LogP contribution in [0.2, 0.25) is 0 Å². The first kappa shape index (κ1) is 32.9. The van der Waals surface area contributed by atoms with E-state index in [1.807, 2.05) is 0 Å². The van der Waals surface area contributed by atoms with Gasteiger partial charge in [0.1, 0.15) is 12.0 Å². The van der Waals surface area contributed by atoms with Crippen molar-refractivity contribution in [3.8, 4) is 11.5 Å². The molecule has 0 spiro atoms. The van der Waals surface area contributed by atoms with Crippen LogP contribution in [-0.2, 0) is 14.3 Å². The van der Waals surface area contributed by atoms with Gasteiger partial charge in [-0.3, -0.25) is 9.59 Å². The van der Waals surface area contributed by atoms with Crippen LogP contribution in [0.1, 0.15) is 103 Å². The number of carboxylic acids is 2. The average Bonchev–Trinajstić information content (AvgIpc) is 3.46. The van der Waals surface area contributed by atoms with Crippen LogP contribution in [0.3, 0.4) is 0 Å². The smallest absolute Gasteiger partial charge is 0.338 e. The van der Waals surface area contributed by atoms with Crippen molar-refractivity contribution < 1.29 is 39.2 Å². The van der Waals surface area contributed by atoms with Crippen molar-refractivity contribution in [2.24, 2.45) is 62.6 Å². The molecule has 6 rings (SSSR count). The van der Waals surface area contributed by atoms with Crippen LogP contribution in [0, 0.1) is 62.6 Å². The Hall–Kier alpha value is -3.03. The summed E-state index contributed by atoms with van der Waals surface area (Å²) in [4.78, 5) is 40.0. The van der Waals surface area contributed by atoms with Crippen LogP contribution in [0.5, 0.6) is 11.5 Å². The number of rotatable bonds is 6. The number of hydrogen-bond donors (Lipinski definition) is 3. The number of allylic oxidation sites excluding steroid dienone is 1. The quantitative estimate of drug-likeness (QED) is 0.215. The van der Waals surface area contributed by atoms with E-state index in [1.54, 1.807) is 0 Å². The van der Waals surface area contributed by atoms with Gasteiger partial charge in [0.25, 0.3) is 0 Å². The van der Waals surface area contributed by atoms with Gasteiger partial charge in [0, 0.05) is 5.41 Å². The SMILES string of the molecule is C=C(C)[C@@H]1CC[C@]2(C(=O)O)CC[C@]3(C)[C@H](CC[C@@H]4[C@@]5(C)[C@H](C(=O)O)[C@H](OC(=O)c6ccc(O)c(OC)c6)C(C)(C)[C@@H]5CC[C@]43C)[C@@H]12. The summed E-state index contributed by atoms with van der Waals surface area (Å²) in [5, 5.41) is 31.7. The van der Waals surface area contributed by atoms with E-state index in [4.69, 9.17) is 9.47 Å². The molecule has 5 aliphatic carbocycles. The molecule has 0 heterocycles. The van der Waals surface area contributed by atoms with Crippen LogP contribution in [-0.4, -0.2) is 46.4 Å². The fraction of sp³-hybridized carbons (Fsp3) is 0.711. The van der Waals surface area contributed by atoms with Gasteiger partial charge in [-0.05, 0) is 122 Å². The number of carbonyl (C=O) groups is 3. The number of aromatic hydroxyl groups is 1. The molecule has 252 valence electrons. The second-order valence-corrected chi connectivity index (χ2v) is 16.9. The number of fused-ring (bicyclic) bond motifs is 7. The van der Waals surface area contributed by atoms with Crippen molar-refractivity contribution in [2.45, 2.75) is 99.0 Å². The Balaban J connectivity index is 1.39. The molecule has 11 atom stereocenters. The second kappa shape index (κ2) is 10.5. The Morgan fingerprint density at radius 1 is 0.891 bits per heavy atom. The number of methoxy groups -OCH3 is 1. The fourth-order valence-corrected chi connectivity index (χ4v) is 13.0. The topological polar surface area (TPSA) is 130 Å². The Bertz CT molecular complexity index is 1480. The number of esters is 1. The number of phenolic OH excluding ortho intramolecular Hbond substituents is 1. The average molecular weight is 637 g/mol. The van der Waals surface area contributed by atoms with E-state index in [-0.39, 0.29) is 57.5 Å². The van der Waals surface area contributed by atoms with E-state index in [2.05, 4.69) is 48.1 Å². The lowest BCUT2D eigenvalue weighted by atomic mass is 9.34. The molecular weight excluding hydrogens is 584 g/mol. The number of aliphatic carboxylic acids is 2. The van der Waals surface area contributed by atoms with Gasteiger partial charge < -0.3 is 24.8 Å². The summed E-state index contributed by atoms with van der Waals surface area (Å²) in [6.07, 6.45) is 5.63. The highest BCUT2D eigenvalue weighted by atomic mass is 16.5. The largest absolute Gasteiger partial charge is 0.504 e. The van der Waals surface area contributed by atoms with Crippen LogP contribution >= 0.6 is 0 Å². The monoisotopic (exact) mass is 636 g/mol. The molecule has 5 fully saturated rings. The van der Waals surface area contributed by atoms with Gasteiger partial charge in [-0.1, -0.05) is 46.8 Å². The molecule has 8 nitrogen and oxygen atoms in total. The van der Waals surface area contributed by atoms with Gasteiger partial charge >= 0.3 is 17.9 Å². The van der Waals surface area contributed by atoms with Crippen molar-refractivity contribution >= 4 is 17.9 Å². The van der Waals surface area contributed by atoms with Crippen molar-refractivity contribution in [1.29, 1.82) is 0 Å². The van der Waals surface area contributed by atoms with E-state index in [0.717, 1.165) is 44.1 Å². The minimum absolute atomic E-state index is 0.0165. The number of ether oxygens (including phenoxy) is 2. The van der Waals surface area contributed by atoms with Gasteiger partial charge in [0.15, 0.2) is 11.5 Å². The van der Waals surface area contributed by atoms with Crippen molar-refractivity contribution in [3.05, 3.63) is 35.9 Å². The van der Waals surface area contributed by atoms with Gasteiger partial charge in [-0.15, -0.1) is 0 Å². The maximum atomic E-state index is 13.6. The third-order valence-corrected chi connectivity index (χ3v) is 15.2. The fourth-order valence-electron chi connectivity index (χ4n) is 13.0. The molecule has 8 heteroatoms. The Kier molecular flexibility index (Phi) is 7.50. The summed E-state index contributed by atoms with van der Waals surface area (Å²) in [5.41, 5.74) is -1.04. The van der Waals surface area contributed by atoms with Crippen LogP contribution < -0.4 is 4.74 Å². The molecule has 1 aromatic carbocycles. The molecule has 0 amide bonds. The van der Waals surface area contributed by atoms with Crippen LogP contribution in [0.4, 0.5) is 0 Å². The number of hydrogen-bond acceptors (Lipinski definition) is 6. The zero-order valence-corrected chi connectivity index (χ0v) is 28.5. The number of carbonyl (C=O) groups excluding carboxylic acids is 1. The molecule has 1 aromatic rings. The molecule has 5 aliphatic rings. The van der Waals surface area contributed by atoms with Crippen molar-refractivity contribution in [3.63, 3.8) is 0 Å². The molecule has 0 unspecified atom stereocenters. The lowest BCUT2D eigenvalue weighted by Crippen LogP contribution is -2.65. The standard InChI is InChI=1S/C38H52O8/c1-20(2)22-13-16-38(33(43)44)18-17-35(5)23(28(22)38)10-12-27-36(35,6)15-14-26-34(3,4)30(29(31(40)41)37(26,27)7)46-32(42)21-9-11-24(39)25(19-21)45-8/h9,11,19,22-23,26-30,39H,1,10,12-18H2,2-8H3,(H,40,41)(H,43,44)/t22-,23+,26-,27-,28+,29-,30-,35+,36+,37-,38-/m0/s1. The zero-order chi connectivity index (χ0) is 33.8. The molecular formula is C38H52O8. The normalized spacial score (nSPS) is 43.8. The van der Waals surface area contributed by atoms with Gasteiger partial charge in [0.05, 0.1) is 18.1 Å². The summed E-state index contributed by atoms with van der Waals surface area (Å²) in [6, 6.07) is 4.26. The Labute approximate surface area is 272 Å². The van der Waals surface area contributed by atoms with Gasteiger partial charge in [-0.2, -0.15) is 0 Å². The predicted octanol–water partition coefficient (Wildman–Crippen LogP) is 7.59. The predicted molar refractivity (Wildman–Crippen MR) is 172 cm³/mol. The van der Waals surface area contributed by atoms with Crippen molar-refractivity contribution in [1.82, 2.24) is 0 Å². The Morgan fingerprint density at radius 3 is 2.20 bits per heavy atom. The lowest BCUT2D eigenvalue weighted by Gasteiger charge is -2.70. The van der Waals surface area contributed by atoms with Crippen LogP contribution in [0.15, 0.2) is 30.4 Å². The summed E-state index contributed by atoms with van der Waals surface area (Å²) in [5.74, 6) is -2.56. The molecule has 3 N–H and O–H groups in total. The first-order valence-corrected chi connectivity index (χ1v) is 17.1. The van der Waals surface area contributed by atoms with E-state index >= 15 is 0 Å². The second-order valence-electron chi connectivity index (χ2n) is 16.9. The van der Waals surface area contributed by atoms with E-state index < -0.39 is 46.2 Å². The highest BCUT2D eigenvalue weighted by Gasteiger charge is 2.76. The summed E-state index contributed by atoms with van der Waals surface area (Å²) >= 11 is 0. The molecule has 0 saturated heterocycles. The van der Waals surface area contributed by atoms with E-state index in [1.165, 1.54) is 25.3 Å². The lowest BCUT2D eigenvalue weighted by molar-refractivity contribution is -0.228. The molecule has 5 saturated carbocycles. The minimum Gasteiger partial charge on any atom is -0.504 e. The molecule has 0 bridgehead atoms. The number of benzene rings is 1. The molecule has 46 heavy (non-hydrogen) atoms. The van der Waals surface area contributed by atoms with Crippen molar-refractivity contribution in [2.75, 3.05) is 7.11 Å². The highest BCUT2D eigenvalue weighted by Crippen LogP contribution is 2.79. The first-order valence-electron chi connectivity index (χ1n) is 17.1. The summed E-state index contributed by atoms with van der Waals surface area (Å²) in [6.45, 7) is 17.4. The van der Waals surface area contributed by atoms with Gasteiger partial charge in [0.2, 0.25) is 0 Å². The maximum Gasteiger partial charge on any atom is 0.338 e. The van der Waals surface area contributed by atoms with E-state index in [9.17, 15) is 29.7 Å². The third-order valence-electron chi connectivity index (χ3n) is 15.2. The number of carboxylic acid groups (broad SMARTS) is 2. The molecule has 0 aromatic heterocycles. The summed E-state index contributed by atoms with van der Waals surface area (Å²) < 4.78 is 11.4. The summed E-state index contributed by atoms with van der Waals surface area (Å²) in [7, 11) is 1.40. The number of phenols is 1. The zero-order valence-electron chi connectivity index (χ0n) is 28.5.